The summed E-state index contributed by atoms with van der Waals surface area (Å²) in [5.41, 5.74) is 1.12. The van der Waals surface area contributed by atoms with Crippen LogP contribution in [0.3, 0.4) is 0 Å². The highest BCUT2D eigenvalue weighted by atomic mass is 16.1. The summed E-state index contributed by atoms with van der Waals surface area (Å²) in [6, 6.07) is 0.0532. The summed E-state index contributed by atoms with van der Waals surface area (Å²) >= 11 is 0. The molecule has 60 valence electrons. The van der Waals surface area contributed by atoms with Gasteiger partial charge in [-0.2, -0.15) is 0 Å². The molecule has 0 fully saturated rings. The Bertz CT molecular complexity index is 321. The Labute approximate surface area is 71.0 Å². The number of amides is 1. The molecule has 12 heavy (non-hydrogen) atoms. The highest BCUT2D eigenvalue weighted by Crippen LogP contribution is 2.13. The zero-order valence-electron chi connectivity index (χ0n) is 6.53. The smallest absolute Gasteiger partial charge is 0.244 e. The minimum absolute atomic E-state index is 0.0359. The zero-order valence-corrected chi connectivity index (χ0v) is 6.53. The first-order valence-corrected chi connectivity index (χ1v) is 3.90. The van der Waals surface area contributed by atoms with Crippen LogP contribution in [0.4, 0.5) is 0 Å². The lowest BCUT2D eigenvalue weighted by Crippen LogP contribution is -2.32. The van der Waals surface area contributed by atoms with E-state index >= 15 is 0 Å². The van der Waals surface area contributed by atoms with Gasteiger partial charge in [0.2, 0.25) is 5.91 Å². The second-order valence-corrected chi connectivity index (χ2v) is 2.76. The maximum absolute atomic E-state index is 11.0. The van der Waals surface area contributed by atoms with Gasteiger partial charge >= 0.3 is 0 Å². The summed E-state index contributed by atoms with van der Waals surface area (Å²) in [6.07, 6.45) is 13.1. The third kappa shape index (κ3) is 1.23. The van der Waals surface area contributed by atoms with Crippen LogP contribution in [0, 0.1) is 0 Å². The topological polar surface area (TPSA) is 29.1 Å². The molecule has 1 N–H and O–H groups in total. The first kappa shape index (κ1) is 7.10. The molecule has 0 aromatic heterocycles. The van der Waals surface area contributed by atoms with E-state index in [1.54, 1.807) is 6.08 Å². The van der Waals surface area contributed by atoms with Crippen LogP contribution in [0.5, 0.6) is 0 Å². The lowest BCUT2D eigenvalue weighted by Gasteiger charge is -2.15. The Kier molecular flexibility index (Phi) is 1.67. The van der Waals surface area contributed by atoms with Crippen LogP contribution >= 0.6 is 0 Å². The Morgan fingerprint density at radius 2 is 2.08 bits per heavy atom. The third-order valence-corrected chi connectivity index (χ3v) is 1.90. The fourth-order valence-corrected chi connectivity index (χ4v) is 1.30. The van der Waals surface area contributed by atoms with Gasteiger partial charge in [0.05, 0.1) is 6.04 Å². The van der Waals surface area contributed by atoms with E-state index in [-0.39, 0.29) is 11.9 Å². The molecule has 0 aromatic rings. The summed E-state index contributed by atoms with van der Waals surface area (Å²) in [5.74, 6) is -0.0359. The normalized spacial score (nSPS) is 25.8. The molecular weight excluding hydrogens is 150 g/mol. The van der Waals surface area contributed by atoms with Crippen molar-refractivity contribution in [3.8, 4) is 0 Å². The molecule has 0 aromatic carbocycles. The Balaban J connectivity index is 2.31. The monoisotopic (exact) mass is 159 g/mol. The van der Waals surface area contributed by atoms with Crippen molar-refractivity contribution in [3.05, 3.63) is 48.1 Å². The quantitative estimate of drug-likeness (QED) is 0.563. The molecule has 1 amide bonds. The number of allylic oxidation sites excluding steroid dienone is 4. The highest BCUT2D eigenvalue weighted by molar-refractivity contribution is 5.89. The van der Waals surface area contributed by atoms with Crippen molar-refractivity contribution in [3.63, 3.8) is 0 Å². The molecule has 1 unspecified atom stereocenters. The minimum Gasteiger partial charge on any atom is -0.342 e. The summed E-state index contributed by atoms with van der Waals surface area (Å²) in [4.78, 5) is 11.0. The average Bonchev–Trinajstić information content (AvgIpc) is 2.25. The van der Waals surface area contributed by atoms with Crippen LogP contribution in [-0.2, 0) is 4.79 Å². The van der Waals surface area contributed by atoms with Gasteiger partial charge < -0.3 is 5.32 Å². The number of hydrogen-bond donors (Lipinski definition) is 1. The lowest BCUT2D eigenvalue weighted by atomic mass is 10.0. The second-order valence-electron chi connectivity index (χ2n) is 2.76. The highest BCUT2D eigenvalue weighted by Gasteiger charge is 2.13. The first-order chi connectivity index (χ1) is 5.86. The van der Waals surface area contributed by atoms with Crippen molar-refractivity contribution in [1.82, 2.24) is 5.32 Å². The van der Waals surface area contributed by atoms with Gasteiger partial charge in [0, 0.05) is 6.08 Å². The van der Waals surface area contributed by atoms with Crippen LogP contribution in [0.2, 0.25) is 0 Å². The molecule has 0 spiro atoms. The van der Waals surface area contributed by atoms with E-state index in [0.29, 0.717) is 0 Å². The summed E-state index contributed by atoms with van der Waals surface area (Å²) in [5, 5.41) is 2.85. The number of carbonyl (C=O) groups excluding carboxylic acids is 1. The standard InChI is InChI=1S/C10H9NO/c12-10-7-3-5-8-4-1-2-6-9(8)11-10/h1-7,9H,(H,11,12). The van der Waals surface area contributed by atoms with Crippen molar-refractivity contribution < 1.29 is 4.79 Å². The summed E-state index contributed by atoms with van der Waals surface area (Å²) in [7, 11) is 0. The number of nitrogens with one attached hydrogen (secondary N) is 1. The van der Waals surface area contributed by atoms with Crippen molar-refractivity contribution in [2.24, 2.45) is 0 Å². The second kappa shape index (κ2) is 2.81. The van der Waals surface area contributed by atoms with Crippen molar-refractivity contribution in [1.29, 1.82) is 0 Å². The molecule has 2 heteroatoms. The van der Waals surface area contributed by atoms with Gasteiger partial charge in [-0.1, -0.05) is 36.5 Å². The number of carbonyl (C=O) groups is 1. The summed E-state index contributed by atoms with van der Waals surface area (Å²) in [6.45, 7) is 0. The van der Waals surface area contributed by atoms with Crippen LogP contribution in [0.25, 0.3) is 0 Å². The molecular formula is C10H9NO. The van der Waals surface area contributed by atoms with Crippen LogP contribution in [-0.4, -0.2) is 11.9 Å². The number of hydrogen-bond acceptors (Lipinski definition) is 1. The van der Waals surface area contributed by atoms with Gasteiger partial charge in [0.1, 0.15) is 0 Å². The molecule has 2 aliphatic rings. The maximum Gasteiger partial charge on any atom is 0.244 e. The molecule has 0 bridgehead atoms. The van der Waals surface area contributed by atoms with Gasteiger partial charge in [0.25, 0.3) is 0 Å². The first-order valence-electron chi connectivity index (χ1n) is 3.90. The Morgan fingerprint density at radius 1 is 1.17 bits per heavy atom. The summed E-state index contributed by atoms with van der Waals surface area (Å²) < 4.78 is 0. The molecule has 1 aliphatic heterocycles. The van der Waals surface area contributed by atoms with Gasteiger partial charge in [-0.3, -0.25) is 4.79 Å². The Hall–Kier alpha value is -1.57. The molecule has 0 radical (unpaired) electrons. The molecule has 1 atom stereocenters. The van der Waals surface area contributed by atoms with E-state index in [1.807, 2.05) is 30.4 Å². The minimum atomic E-state index is -0.0359. The maximum atomic E-state index is 11.0. The lowest BCUT2D eigenvalue weighted by molar-refractivity contribution is -0.116. The van der Waals surface area contributed by atoms with Gasteiger partial charge in [-0.05, 0) is 5.57 Å². The molecule has 1 heterocycles. The predicted molar refractivity (Wildman–Crippen MR) is 47.4 cm³/mol. The third-order valence-electron chi connectivity index (χ3n) is 1.90. The zero-order chi connectivity index (χ0) is 8.39. The van der Waals surface area contributed by atoms with Gasteiger partial charge in [-0.15, -0.1) is 0 Å². The van der Waals surface area contributed by atoms with E-state index in [0.717, 1.165) is 5.57 Å². The molecule has 2 rings (SSSR count). The molecule has 0 saturated heterocycles. The average molecular weight is 159 g/mol. The largest absolute Gasteiger partial charge is 0.342 e. The van der Waals surface area contributed by atoms with Crippen molar-refractivity contribution in [2.75, 3.05) is 0 Å². The fraction of sp³-hybridized carbons (Fsp3) is 0.100. The molecule has 1 aliphatic carbocycles. The Morgan fingerprint density at radius 3 is 3.00 bits per heavy atom. The number of fused-ring (bicyclic) bond motifs is 1. The molecule has 2 nitrogen and oxygen atoms in total. The van der Waals surface area contributed by atoms with Gasteiger partial charge in [-0.25, -0.2) is 0 Å². The van der Waals surface area contributed by atoms with E-state index in [2.05, 4.69) is 5.32 Å². The fourth-order valence-electron chi connectivity index (χ4n) is 1.30. The van der Waals surface area contributed by atoms with E-state index in [1.165, 1.54) is 6.08 Å². The van der Waals surface area contributed by atoms with Crippen molar-refractivity contribution in [2.45, 2.75) is 6.04 Å². The SMILES string of the molecule is O=C1C=CC=C2C=CC=CC2N1. The van der Waals surface area contributed by atoms with Crippen molar-refractivity contribution >= 4 is 5.91 Å². The molecule has 0 saturated carbocycles. The predicted octanol–water partition coefficient (Wildman–Crippen LogP) is 1.09. The van der Waals surface area contributed by atoms with E-state index in [4.69, 9.17) is 0 Å². The van der Waals surface area contributed by atoms with E-state index < -0.39 is 0 Å². The van der Waals surface area contributed by atoms with Crippen LogP contribution < -0.4 is 5.32 Å². The van der Waals surface area contributed by atoms with Crippen LogP contribution in [0.15, 0.2) is 48.1 Å². The van der Waals surface area contributed by atoms with E-state index in [9.17, 15) is 4.79 Å². The number of rotatable bonds is 0. The van der Waals surface area contributed by atoms with Crippen LogP contribution in [0.1, 0.15) is 0 Å². The van der Waals surface area contributed by atoms with Gasteiger partial charge in [0.15, 0.2) is 0 Å².